The molecule has 6 aromatic carbocycles. The van der Waals surface area contributed by atoms with Gasteiger partial charge in [0.15, 0.2) is 42.8 Å². The molecule has 4 fully saturated rings. The van der Waals surface area contributed by atoms with Gasteiger partial charge in [0, 0.05) is 49.9 Å². The average Bonchev–Trinajstić information content (AvgIpc) is 0.904. The highest BCUT2D eigenvalue weighted by Crippen LogP contribution is 2.59. The van der Waals surface area contributed by atoms with Crippen molar-refractivity contribution in [3.8, 4) is 11.5 Å². The lowest BCUT2D eigenvalue weighted by Crippen LogP contribution is -2.61. The van der Waals surface area contributed by atoms with Crippen LogP contribution in [0.2, 0.25) is 16.9 Å². The molecule has 0 spiro atoms. The lowest BCUT2D eigenvalue weighted by Gasteiger charge is -2.50. The minimum absolute atomic E-state index is 0. The van der Waals surface area contributed by atoms with Crippen molar-refractivity contribution >= 4 is 75.9 Å². The highest BCUT2D eigenvalue weighted by atomic mass is 35.5. The standard InChI is InChI=1S/C22H23ClF2O5S.C22H21ClF2O5S.C18H21BN2O.C2H6S.B/c2*1-13(26)2-9-19-16-12-30-21-18(25)8-7-17(24)20(21)22(16,10-11-29-19)31(27,28)15-5-3-14(23)4-6-15;1-19-21-14-8-13-17(21,20)18(22-19,15-9-4-2-5-10-15)16-11-6-3-7-12-16;1-3-2;/h3-8,13,16,19,26H,2,9-12H2,1H3;3-8,16,19H,2,9-12H2,1H3;2-7,9-12H,8,13-14,20H2,1H3;1-2H3;/t13-,16-,19-,22-;16-,19-,22-;17-;;/m001../s1. The molecule has 4 saturated heterocycles. The summed E-state index contributed by atoms with van der Waals surface area (Å²) in [6, 6.07) is 35.8. The van der Waals surface area contributed by atoms with Gasteiger partial charge in [-0.05, 0) is 169 Å². The number of fused-ring (bicyclic) bond motifs is 7. The normalized spacial score (nSPS) is 25.2. The molecule has 3 radical (unpaired) electrons. The maximum Gasteiger partial charge on any atom is 0.381 e. The molecule has 0 amide bonds. The average molecular weight is 1310 g/mol. The molecule has 0 aromatic heterocycles. The number of thioether (sulfide) groups is 1. The largest absolute Gasteiger partial charge is 0.490 e. The second-order valence-corrected chi connectivity index (χ2v) is 28.8. The summed E-state index contributed by atoms with van der Waals surface area (Å²) < 4.78 is 142. The van der Waals surface area contributed by atoms with Crippen molar-refractivity contribution < 1.29 is 67.9 Å². The van der Waals surface area contributed by atoms with Crippen LogP contribution in [0.25, 0.3) is 0 Å². The molecule has 0 bridgehead atoms. The summed E-state index contributed by atoms with van der Waals surface area (Å²) in [4.78, 5) is 13.8. The Bertz CT molecular complexity index is 3590. The van der Waals surface area contributed by atoms with Crippen LogP contribution in [-0.4, -0.2) is 117 Å². The molecule has 6 aromatic rings. The van der Waals surface area contributed by atoms with Crippen LogP contribution in [0, 0.1) is 35.1 Å². The zero-order valence-electron chi connectivity index (χ0n) is 49.5. The van der Waals surface area contributed by atoms with Crippen molar-refractivity contribution in [3.63, 3.8) is 0 Å². The number of ketones is 1. The molecule has 0 unspecified atom stereocenters. The van der Waals surface area contributed by atoms with E-state index in [0.717, 1.165) is 54.8 Å². The predicted molar refractivity (Wildman–Crippen MR) is 335 cm³/mol. The number of rotatable bonds is 12. The molecule has 3 N–H and O–H groups in total. The molecule has 0 saturated carbocycles. The number of nitrogens with zero attached hydrogens (tertiary/aromatic N) is 1. The second-order valence-electron chi connectivity index (χ2n) is 22.7. The number of Topliss-reactive ketones (excluding diaryl/α,β-unsaturated/α-hetero) is 1. The fraction of sp³-hybridized carbons (Fsp3) is 0.422. The number of halogens is 6. The summed E-state index contributed by atoms with van der Waals surface area (Å²) >= 11 is 13.6. The molecular formula is C64H71B2Cl2F4N2O11S3. The van der Waals surface area contributed by atoms with E-state index in [2.05, 4.69) is 60.2 Å². The molecule has 8 atom stereocenters. The van der Waals surface area contributed by atoms with Crippen molar-refractivity contribution in [3.05, 3.63) is 189 Å². The maximum atomic E-state index is 15.2. The number of carbonyl (C=O) groups excluding carboxylic acids is 1. The number of carbonyl (C=O) groups is 1. The Hall–Kier alpha value is -4.97. The Morgan fingerprint density at radius 3 is 1.50 bits per heavy atom. The van der Waals surface area contributed by atoms with Crippen LogP contribution in [-0.2, 0) is 53.7 Å². The Morgan fingerprint density at radius 1 is 0.682 bits per heavy atom. The van der Waals surface area contributed by atoms with Crippen LogP contribution >= 0.6 is 35.0 Å². The minimum Gasteiger partial charge on any atom is -0.490 e. The summed E-state index contributed by atoms with van der Waals surface area (Å²) in [5.74, 6) is -5.78. The lowest BCUT2D eigenvalue weighted by molar-refractivity contribution is -0.119. The van der Waals surface area contributed by atoms with Gasteiger partial charge in [0.25, 0.3) is 0 Å². The van der Waals surface area contributed by atoms with Gasteiger partial charge in [-0.2, -0.15) is 11.8 Å². The summed E-state index contributed by atoms with van der Waals surface area (Å²) in [7, 11) is -8.43. The smallest absolute Gasteiger partial charge is 0.381 e. The highest BCUT2D eigenvalue weighted by molar-refractivity contribution is 7.97. The first kappa shape index (κ1) is 68.9. The summed E-state index contributed by atoms with van der Waals surface area (Å²) in [5.41, 5.74) is 7.58. The first-order valence-corrected chi connectivity index (χ1v) is 34.2. The van der Waals surface area contributed by atoms with Crippen LogP contribution in [0.1, 0.15) is 87.5 Å². The fourth-order valence-electron chi connectivity index (χ4n) is 13.7. The first-order valence-electron chi connectivity index (χ1n) is 28.8. The van der Waals surface area contributed by atoms with E-state index in [1.54, 1.807) is 18.7 Å². The van der Waals surface area contributed by atoms with Crippen molar-refractivity contribution in [2.24, 2.45) is 17.6 Å². The molecule has 12 rings (SSSR count). The molecule has 24 heteroatoms. The van der Waals surface area contributed by atoms with E-state index in [4.69, 9.17) is 52.5 Å². The monoisotopic (exact) mass is 1310 g/mol. The van der Waals surface area contributed by atoms with Crippen molar-refractivity contribution in [1.29, 1.82) is 0 Å². The maximum absolute atomic E-state index is 15.2. The third kappa shape index (κ3) is 12.5. The second kappa shape index (κ2) is 28.3. The van der Waals surface area contributed by atoms with Crippen molar-refractivity contribution in [2.45, 2.75) is 121 Å². The van der Waals surface area contributed by atoms with Gasteiger partial charge in [0.05, 0.1) is 58.1 Å². The highest BCUT2D eigenvalue weighted by Gasteiger charge is 2.66. The van der Waals surface area contributed by atoms with Gasteiger partial charge in [0.2, 0.25) is 0 Å². The van der Waals surface area contributed by atoms with Crippen LogP contribution in [0.5, 0.6) is 11.5 Å². The van der Waals surface area contributed by atoms with E-state index < -0.39 is 93.8 Å². The molecule has 13 nitrogen and oxygen atoms in total. The topological polar surface area (TPSA) is 181 Å². The van der Waals surface area contributed by atoms with Gasteiger partial charge in [0.1, 0.15) is 32.5 Å². The Labute approximate surface area is 529 Å². The van der Waals surface area contributed by atoms with Crippen molar-refractivity contribution in [1.82, 2.24) is 4.81 Å². The summed E-state index contributed by atoms with van der Waals surface area (Å²) in [6.45, 7) is 5.90. The molecule has 0 aliphatic carbocycles. The van der Waals surface area contributed by atoms with Gasteiger partial charge in [-0.1, -0.05) is 83.9 Å². The number of hydrogen-bond acceptors (Lipinski definition) is 14. The van der Waals surface area contributed by atoms with E-state index in [-0.39, 0.29) is 106 Å². The van der Waals surface area contributed by atoms with E-state index in [1.807, 2.05) is 24.6 Å². The minimum atomic E-state index is -4.23. The van der Waals surface area contributed by atoms with E-state index in [1.165, 1.54) is 55.5 Å². The number of sulfone groups is 2. The van der Waals surface area contributed by atoms with Crippen molar-refractivity contribution in [2.75, 3.05) is 45.5 Å². The molecule has 469 valence electrons. The molecule has 6 aliphatic heterocycles. The van der Waals surface area contributed by atoms with E-state index >= 15 is 8.78 Å². The van der Waals surface area contributed by atoms with E-state index in [9.17, 15) is 35.5 Å². The Balaban J connectivity index is 0.000000168. The quantitative estimate of drug-likeness (QED) is 0.0872. The number of aliphatic hydroxyl groups excluding tert-OH is 1. The summed E-state index contributed by atoms with van der Waals surface area (Å²) in [6.07, 6.45) is 5.29. The zero-order chi connectivity index (χ0) is 62.7. The Kier molecular flexibility index (Phi) is 22.1. The van der Waals surface area contributed by atoms with Gasteiger partial charge >= 0.3 is 7.05 Å². The predicted octanol–water partition coefficient (Wildman–Crippen LogP) is 12.1. The number of nitrogens with two attached hydrogens (primary N) is 1. The zero-order valence-corrected chi connectivity index (χ0v) is 53.4. The fourth-order valence-corrected chi connectivity index (χ4v) is 18.7. The number of ether oxygens (including phenoxy) is 4. The first-order chi connectivity index (χ1) is 41.5. The summed E-state index contributed by atoms with van der Waals surface area (Å²) in [5, 5.41) is 10.4. The van der Waals surface area contributed by atoms with Crippen LogP contribution < -0.4 is 15.2 Å². The van der Waals surface area contributed by atoms with Gasteiger partial charge in [-0.15, -0.1) is 0 Å². The number of aliphatic hydroxyl groups is 1. The third-order valence-corrected chi connectivity index (χ3v) is 23.2. The van der Waals surface area contributed by atoms with Crippen LogP contribution in [0.3, 0.4) is 0 Å². The van der Waals surface area contributed by atoms with Crippen LogP contribution in [0.15, 0.2) is 143 Å². The third-order valence-electron chi connectivity index (χ3n) is 17.6. The van der Waals surface area contributed by atoms with Gasteiger partial charge in [-0.3, -0.25) is 4.81 Å². The van der Waals surface area contributed by atoms with E-state index in [0.29, 0.717) is 22.9 Å². The van der Waals surface area contributed by atoms with Gasteiger partial charge < -0.3 is 39.2 Å². The molecule has 88 heavy (non-hydrogen) atoms. The number of hydrogen-bond donors (Lipinski definition) is 2. The molecule has 6 aliphatic rings. The van der Waals surface area contributed by atoms with Crippen LogP contribution in [0.4, 0.5) is 17.6 Å². The molecular weight excluding hydrogens is 1240 g/mol. The Morgan fingerprint density at radius 2 is 1.09 bits per heavy atom. The lowest BCUT2D eigenvalue weighted by atomic mass is 9.74. The SMILES string of the molecule is CB1OC(c2ccccc2)(c2ccccc2)[C@@]2(N)CCCN12.CC(=O)CC[C@@H]1OCC[C@@]2(S(=O)(=O)c3ccc(Cl)cc3)c3c(F)ccc(F)c3OC[C@@H]12.CSC.C[C@H](O)CC[C@@H]1OCC[C@@]2(S(=O)(=O)c3ccc(Cl)cc3)c3c(F)ccc(F)c3OC[C@@H]12.[B]. The molecule has 6 heterocycles. The van der Waals surface area contributed by atoms with Gasteiger partial charge in [-0.25, -0.2) is 34.4 Å². The number of benzene rings is 6.